The van der Waals surface area contributed by atoms with Crippen LogP contribution in [0.2, 0.25) is 0 Å². The molecule has 0 aromatic carbocycles. The maximum absolute atomic E-state index is 11.5. The van der Waals surface area contributed by atoms with Gasteiger partial charge in [0, 0.05) is 33.3 Å². The summed E-state index contributed by atoms with van der Waals surface area (Å²) in [5.74, 6) is 1.88. The maximum Gasteiger partial charge on any atom is 0.194 e. The van der Waals surface area contributed by atoms with Crippen molar-refractivity contribution < 1.29 is 9.21 Å². The first-order valence-electron chi connectivity index (χ1n) is 7.83. The Morgan fingerprint density at radius 1 is 1.55 bits per heavy atom. The standard InChI is InChI=1S/C17H23N3O2/c1-12(21)16-9-14-15(22-16)6-7-18-17(14)20(3)11-13-5-4-8-19(2)10-13/h6-7,9,13H,4-5,8,10-11H2,1-3H3. The van der Waals surface area contributed by atoms with Crippen LogP contribution in [0.4, 0.5) is 5.82 Å². The predicted molar refractivity (Wildman–Crippen MR) is 87.5 cm³/mol. The van der Waals surface area contributed by atoms with Crippen LogP contribution in [0, 0.1) is 5.92 Å². The van der Waals surface area contributed by atoms with Gasteiger partial charge in [-0.25, -0.2) is 4.98 Å². The molecule has 3 heterocycles. The molecule has 0 amide bonds. The van der Waals surface area contributed by atoms with Gasteiger partial charge in [0.2, 0.25) is 0 Å². The van der Waals surface area contributed by atoms with Gasteiger partial charge < -0.3 is 14.2 Å². The number of rotatable bonds is 4. The third-order valence-corrected chi connectivity index (χ3v) is 4.39. The number of carbonyl (C=O) groups is 1. The summed E-state index contributed by atoms with van der Waals surface area (Å²) in [4.78, 5) is 20.6. The summed E-state index contributed by atoms with van der Waals surface area (Å²) in [6.07, 6.45) is 4.26. The minimum Gasteiger partial charge on any atom is -0.453 e. The summed E-state index contributed by atoms with van der Waals surface area (Å²) in [6, 6.07) is 3.62. The molecule has 1 aliphatic heterocycles. The lowest BCUT2D eigenvalue weighted by Gasteiger charge is -2.32. The Bertz CT molecular complexity index is 680. The van der Waals surface area contributed by atoms with Gasteiger partial charge in [-0.1, -0.05) is 0 Å². The van der Waals surface area contributed by atoms with E-state index in [-0.39, 0.29) is 5.78 Å². The van der Waals surface area contributed by atoms with Crippen molar-refractivity contribution in [2.45, 2.75) is 19.8 Å². The van der Waals surface area contributed by atoms with Gasteiger partial charge in [0.25, 0.3) is 0 Å². The van der Waals surface area contributed by atoms with E-state index in [1.165, 1.54) is 26.3 Å². The van der Waals surface area contributed by atoms with Crippen LogP contribution in [0.25, 0.3) is 11.0 Å². The summed E-state index contributed by atoms with van der Waals surface area (Å²) in [7, 11) is 4.25. The van der Waals surface area contributed by atoms with Gasteiger partial charge in [0.1, 0.15) is 11.4 Å². The highest BCUT2D eigenvalue weighted by molar-refractivity contribution is 5.98. The monoisotopic (exact) mass is 301 g/mol. The number of carbonyl (C=O) groups excluding carboxylic acids is 1. The Labute approximate surface area is 130 Å². The summed E-state index contributed by atoms with van der Waals surface area (Å²) in [5.41, 5.74) is 0.725. The van der Waals surface area contributed by atoms with E-state index in [4.69, 9.17) is 4.42 Å². The van der Waals surface area contributed by atoms with Crippen LogP contribution < -0.4 is 4.90 Å². The van der Waals surface area contributed by atoms with Crippen LogP contribution in [-0.2, 0) is 0 Å². The van der Waals surface area contributed by atoms with Crippen molar-refractivity contribution in [2.75, 3.05) is 38.6 Å². The second-order valence-electron chi connectivity index (χ2n) is 6.36. The second kappa shape index (κ2) is 6.08. The Morgan fingerprint density at radius 3 is 3.09 bits per heavy atom. The molecule has 0 spiro atoms. The minimum absolute atomic E-state index is 0.0568. The molecular weight excluding hydrogens is 278 g/mol. The molecule has 0 saturated carbocycles. The van der Waals surface area contributed by atoms with Crippen molar-refractivity contribution in [1.29, 1.82) is 0 Å². The molecule has 1 saturated heterocycles. The number of pyridine rings is 1. The zero-order valence-corrected chi connectivity index (χ0v) is 13.5. The van der Waals surface area contributed by atoms with Crippen LogP contribution in [0.3, 0.4) is 0 Å². The molecule has 0 aliphatic carbocycles. The summed E-state index contributed by atoms with van der Waals surface area (Å²) in [5, 5.41) is 0.916. The number of hydrogen-bond donors (Lipinski definition) is 0. The molecule has 5 nitrogen and oxygen atoms in total. The fourth-order valence-corrected chi connectivity index (χ4v) is 3.32. The van der Waals surface area contributed by atoms with Gasteiger partial charge in [-0.15, -0.1) is 0 Å². The second-order valence-corrected chi connectivity index (χ2v) is 6.36. The fraction of sp³-hybridized carbons (Fsp3) is 0.529. The van der Waals surface area contributed by atoms with Gasteiger partial charge in [0.05, 0.1) is 5.39 Å². The van der Waals surface area contributed by atoms with Crippen LogP contribution >= 0.6 is 0 Å². The van der Waals surface area contributed by atoms with Crippen LogP contribution in [0.5, 0.6) is 0 Å². The zero-order valence-electron chi connectivity index (χ0n) is 13.5. The number of hydrogen-bond acceptors (Lipinski definition) is 5. The van der Waals surface area contributed by atoms with Gasteiger partial charge >= 0.3 is 0 Å². The van der Waals surface area contributed by atoms with E-state index in [1.807, 2.05) is 12.1 Å². The van der Waals surface area contributed by atoms with E-state index in [0.29, 0.717) is 11.7 Å². The Kier molecular flexibility index (Phi) is 4.16. The number of piperidine rings is 1. The third kappa shape index (κ3) is 2.99. The first-order valence-corrected chi connectivity index (χ1v) is 7.83. The number of Topliss-reactive ketones (excluding diaryl/α,β-unsaturated/α-hetero) is 1. The highest BCUT2D eigenvalue weighted by Crippen LogP contribution is 2.28. The van der Waals surface area contributed by atoms with E-state index >= 15 is 0 Å². The number of ketones is 1. The lowest BCUT2D eigenvalue weighted by Crippen LogP contribution is -2.38. The van der Waals surface area contributed by atoms with Gasteiger partial charge in [-0.3, -0.25) is 4.79 Å². The fourth-order valence-electron chi connectivity index (χ4n) is 3.32. The van der Waals surface area contributed by atoms with Crippen molar-refractivity contribution in [3.05, 3.63) is 24.1 Å². The number of nitrogens with zero attached hydrogens (tertiary/aromatic N) is 3. The molecule has 2 aromatic rings. The molecule has 5 heteroatoms. The van der Waals surface area contributed by atoms with Crippen LogP contribution in [-0.4, -0.2) is 49.4 Å². The Hall–Kier alpha value is -1.88. The summed E-state index contributed by atoms with van der Waals surface area (Å²) < 4.78 is 5.60. The number of furan rings is 1. The molecule has 0 bridgehead atoms. The average molecular weight is 301 g/mol. The topological polar surface area (TPSA) is 49.6 Å². The highest BCUT2D eigenvalue weighted by Gasteiger charge is 2.21. The van der Waals surface area contributed by atoms with Crippen LogP contribution in [0.1, 0.15) is 30.3 Å². The SMILES string of the molecule is CC(=O)c1cc2c(N(C)CC3CCCN(C)C3)nccc2o1. The predicted octanol–water partition coefficient (Wildman–Crippen LogP) is 2.81. The smallest absolute Gasteiger partial charge is 0.194 e. The van der Waals surface area contributed by atoms with E-state index < -0.39 is 0 Å². The lowest BCUT2D eigenvalue weighted by molar-refractivity contribution is 0.0989. The Balaban J connectivity index is 1.83. The van der Waals surface area contributed by atoms with E-state index in [9.17, 15) is 4.79 Å². The summed E-state index contributed by atoms with van der Waals surface area (Å²) >= 11 is 0. The van der Waals surface area contributed by atoms with E-state index in [0.717, 1.165) is 29.9 Å². The van der Waals surface area contributed by atoms with Crippen molar-refractivity contribution >= 4 is 22.6 Å². The van der Waals surface area contributed by atoms with Crippen molar-refractivity contribution in [3.8, 4) is 0 Å². The minimum atomic E-state index is -0.0568. The number of likely N-dealkylation sites (tertiary alicyclic amines) is 1. The molecule has 22 heavy (non-hydrogen) atoms. The third-order valence-electron chi connectivity index (χ3n) is 4.39. The lowest BCUT2D eigenvalue weighted by atomic mass is 9.98. The molecule has 1 fully saturated rings. The van der Waals surface area contributed by atoms with Crippen molar-refractivity contribution in [3.63, 3.8) is 0 Å². The number of aromatic nitrogens is 1. The molecule has 1 unspecified atom stereocenters. The normalized spacial score (nSPS) is 19.5. The van der Waals surface area contributed by atoms with Gasteiger partial charge in [-0.05, 0) is 44.5 Å². The molecule has 1 atom stereocenters. The molecule has 118 valence electrons. The Morgan fingerprint density at radius 2 is 2.36 bits per heavy atom. The highest BCUT2D eigenvalue weighted by atomic mass is 16.3. The van der Waals surface area contributed by atoms with E-state index in [2.05, 4.69) is 28.9 Å². The molecule has 0 N–H and O–H groups in total. The van der Waals surface area contributed by atoms with Crippen molar-refractivity contribution in [2.24, 2.45) is 5.92 Å². The first-order chi connectivity index (χ1) is 10.5. The molecule has 3 rings (SSSR count). The number of fused-ring (bicyclic) bond motifs is 1. The van der Waals surface area contributed by atoms with Crippen molar-refractivity contribution in [1.82, 2.24) is 9.88 Å². The average Bonchev–Trinajstić information content (AvgIpc) is 2.91. The quantitative estimate of drug-likeness (QED) is 0.813. The van der Waals surface area contributed by atoms with E-state index in [1.54, 1.807) is 6.20 Å². The molecular formula is C17H23N3O2. The summed E-state index contributed by atoms with van der Waals surface area (Å²) in [6.45, 7) is 4.81. The largest absolute Gasteiger partial charge is 0.453 e. The van der Waals surface area contributed by atoms with Crippen LogP contribution in [0.15, 0.2) is 22.7 Å². The maximum atomic E-state index is 11.5. The molecule has 2 aromatic heterocycles. The molecule has 0 radical (unpaired) electrons. The van der Waals surface area contributed by atoms with Gasteiger partial charge in [0.15, 0.2) is 11.5 Å². The molecule has 1 aliphatic rings. The number of anilines is 1. The first kappa shape index (κ1) is 15.0. The van der Waals surface area contributed by atoms with Gasteiger partial charge in [-0.2, -0.15) is 0 Å². The zero-order chi connectivity index (χ0) is 15.7.